The Morgan fingerprint density at radius 2 is 1.83 bits per heavy atom. The second-order valence-electron chi connectivity index (χ2n) is 6.31. The monoisotopic (exact) mass is 271 g/mol. The summed E-state index contributed by atoms with van der Waals surface area (Å²) in [6, 6.07) is 0. The lowest BCUT2D eigenvalue weighted by Gasteiger charge is -2.26. The van der Waals surface area contributed by atoms with Gasteiger partial charge in [-0.1, -0.05) is 38.5 Å². The van der Waals surface area contributed by atoms with Crippen LogP contribution >= 0.6 is 11.6 Å². The molecule has 0 atom stereocenters. The quantitative estimate of drug-likeness (QED) is 0.730. The van der Waals surface area contributed by atoms with Crippen molar-refractivity contribution in [1.82, 2.24) is 5.32 Å². The molecule has 0 aromatic heterocycles. The van der Waals surface area contributed by atoms with E-state index in [2.05, 4.69) is 5.32 Å². The summed E-state index contributed by atoms with van der Waals surface area (Å²) in [5, 5.41) is 3.12. The molecule has 0 aromatic carbocycles. The predicted molar refractivity (Wildman–Crippen MR) is 75.8 cm³/mol. The molecule has 0 saturated heterocycles. The summed E-state index contributed by atoms with van der Waals surface area (Å²) in [5.74, 6) is 1.73. The zero-order chi connectivity index (χ0) is 12.8. The highest BCUT2D eigenvalue weighted by molar-refractivity contribution is 6.18. The number of halogens is 1. The van der Waals surface area contributed by atoms with Crippen LogP contribution in [0.3, 0.4) is 0 Å². The molecule has 3 heteroatoms. The average Bonchev–Trinajstić information content (AvgIpc) is 3.06. The standard InChI is InChI=1S/C15H26ClNO/c16-11-15(9-3-4-10-15)12-17-14(18)8-7-13-5-1-2-6-13/h13H,1-12H2,(H,17,18). The molecule has 18 heavy (non-hydrogen) atoms. The van der Waals surface area contributed by atoms with Crippen LogP contribution in [0.15, 0.2) is 0 Å². The molecule has 0 spiro atoms. The molecule has 1 N–H and O–H groups in total. The highest BCUT2D eigenvalue weighted by Gasteiger charge is 2.33. The third kappa shape index (κ3) is 3.88. The number of carbonyl (C=O) groups is 1. The van der Waals surface area contributed by atoms with Gasteiger partial charge in [-0.2, -0.15) is 0 Å². The van der Waals surface area contributed by atoms with Crippen molar-refractivity contribution in [1.29, 1.82) is 0 Å². The summed E-state index contributed by atoms with van der Waals surface area (Å²) in [6.45, 7) is 0.792. The fourth-order valence-corrected chi connectivity index (χ4v) is 3.85. The number of amides is 1. The molecule has 2 rings (SSSR count). The van der Waals surface area contributed by atoms with Crippen LogP contribution in [-0.4, -0.2) is 18.3 Å². The second kappa shape index (κ2) is 6.79. The molecule has 0 radical (unpaired) electrons. The number of nitrogens with one attached hydrogen (secondary N) is 1. The third-order valence-corrected chi connectivity index (χ3v) is 5.43. The highest BCUT2D eigenvalue weighted by Crippen LogP contribution is 2.38. The van der Waals surface area contributed by atoms with Crippen molar-refractivity contribution < 1.29 is 4.79 Å². The Kier molecular flexibility index (Phi) is 5.35. The molecule has 2 aliphatic carbocycles. The van der Waals surface area contributed by atoms with Crippen LogP contribution in [0.2, 0.25) is 0 Å². The average molecular weight is 272 g/mol. The lowest BCUT2D eigenvalue weighted by Crippen LogP contribution is -2.37. The highest BCUT2D eigenvalue weighted by atomic mass is 35.5. The van der Waals surface area contributed by atoms with Crippen LogP contribution in [0, 0.1) is 11.3 Å². The molecule has 0 aliphatic heterocycles. The van der Waals surface area contributed by atoms with Crippen molar-refractivity contribution in [3.8, 4) is 0 Å². The van der Waals surface area contributed by atoms with E-state index in [-0.39, 0.29) is 11.3 Å². The Bertz CT molecular complexity index is 268. The topological polar surface area (TPSA) is 29.1 Å². The SMILES string of the molecule is O=C(CCC1CCCC1)NCC1(CCl)CCCC1. The van der Waals surface area contributed by atoms with Gasteiger partial charge in [0.1, 0.15) is 0 Å². The van der Waals surface area contributed by atoms with Crippen LogP contribution in [0.1, 0.15) is 64.2 Å². The second-order valence-corrected chi connectivity index (χ2v) is 6.57. The van der Waals surface area contributed by atoms with Crippen LogP contribution < -0.4 is 5.32 Å². The van der Waals surface area contributed by atoms with Gasteiger partial charge in [0.15, 0.2) is 0 Å². The van der Waals surface area contributed by atoms with Crippen LogP contribution in [-0.2, 0) is 4.79 Å². The van der Waals surface area contributed by atoms with Crippen molar-refractivity contribution in [3.63, 3.8) is 0 Å². The van der Waals surface area contributed by atoms with E-state index >= 15 is 0 Å². The Labute approximate surface area is 116 Å². The summed E-state index contributed by atoms with van der Waals surface area (Å²) in [5.41, 5.74) is 0.199. The van der Waals surface area contributed by atoms with Gasteiger partial charge < -0.3 is 5.32 Å². The number of rotatable bonds is 6. The van der Waals surface area contributed by atoms with Crippen molar-refractivity contribution in [3.05, 3.63) is 0 Å². The Hall–Kier alpha value is -0.240. The first-order valence-corrected chi connectivity index (χ1v) is 8.10. The van der Waals surface area contributed by atoms with Crippen LogP contribution in [0.25, 0.3) is 0 Å². The molecule has 0 aromatic rings. The van der Waals surface area contributed by atoms with Crippen molar-refractivity contribution in [2.24, 2.45) is 11.3 Å². The van der Waals surface area contributed by atoms with Crippen molar-refractivity contribution in [2.75, 3.05) is 12.4 Å². The zero-order valence-corrected chi connectivity index (χ0v) is 12.1. The minimum atomic E-state index is 0.199. The molecule has 2 saturated carbocycles. The third-order valence-electron chi connectivity index (χ3n) is 4.86. The van der Waals surface area contributed by atoms with Gasteiger partial charge in [0.25, 0.3) is 0 Å². The minimum Gasteiger partial charge on any atom is -0.356 e. The zero-order valence-electron chi connectivity index (χ0n) is 11.3. The van der Waals surface area contributed by atoms with Gasteiger partial charge in [-0.3, -0.25) is 4.79 Å². The first kappa shape index (κ1) is 14.2. The fourth-order valence-electron chi connectivity index (χ4n) is 3.49. The van der Waals surface area contributed by atoms with Gasteiger partial charge in [0.05, 0.1) is 0 Å². The van der Waals surface area contributed by atoms with Crippen molar-refractivity contribution >= 4 is 17.5 Å². The summed E-state index contributed by atoms with van der Waals surface area (Å²) >= 11 is 6.08. The van der Waals surface area contributed by atoms with Gasteiger partial charge >= 0.3 is 0 Å². The van der Waals surface area contributed by atoms with Gasteiger partial charge in [0, 0.05) is 24.3 Å². The lowest BCUT2D eigenvalue weighted by molar-refractivity contribution is -0.121. The molecule has 104 valence electrons. The first-order valence-electron chi connectivity index (χ1n) is 7.57. The lowest BCUT2D eigenvalue weighted by atomic mass is 9.88. The van der Waals surface area contributed by atoms with E-state index in [1.807, 2.05) is 0 Å². The molecule has 2 fully saturated rings. The van der Waals surface area contributed by atoms with E-state index < -0.39 is 0 Å². The molecule has 0 bridgehead atoms. The summed E-state index contributed by atoms with van der Waals surface area (Å²) in [6.07, 6.45) is 12.1. The first-order chi connectivity index (χ1) is 8.74. The number of carbonyl (C=O) groups excluding carboxylic acids is 1. The van der Waals surface area contributed by atoms with E-state index in [4.69, 9.17) is 11.6 Å². The van der Waals surface area contributed by atoms with E-state index in [1.165, 1.54) is 51.4 Å². The van der Waals surface area contributed by atoms with E-state index in [0.717, 1.165) is 18.9 Å². The van der Waals surface area contributed by atoms with Gasteiger partial charge in [-0.25, -0.2) is 0 Å². The molecule has 0 unspecified atom stereocenters. The van der Waals surface area contributed by atoms with E-state index in [9.17, 15) is 4.79 Å². The smallest absolute Gasteiger partial charge is 0.220 e. The molecule has 2 nitrogen and oxygen atoms in total. The van der Waals surface area contributed by atoms with Gasteiger partial charge in [-0.15, -0.1) is 11.6 Å². The molecule has 2 aliphatic rings. The summed E-state index contributed by atoms with van der Waals surface area (Å²) < 4.78 is 0. The van der Waals surface area contributed by atoms with Crippen LogP contribution in [0.4, 0.5) is 0 Å². The number of hydrogen-bond donors (Lipinski definition) is 1. The van der Waals surface area contributed by atoms with Crippen molar-refractivity contribution in [2.45, 2.75) is 64.2 Å². The normalized spacial score (nSPS) is 23.4. The predicted octanol–water partition coefficient (Wildman–Crippen LogP) is 3.87. The van der Waals surface area contributed by atoms with Gasteiger partial charge in [-0.05, 0) is 25.2 Å². The summed E-state index contributed by atoms with van der Waals surface area (Å²) in [7, 11) is 0. The molecular weight excluding hydrogens is 246 g/mol. The summed E-state index contributed by atoms with van der Waals surface area (Å²) in [4.78, 5) is 11.9. The molecule has 0 heterocycles. The minimum absolute atomic E-state index is 0.199. The Balaban J connectivity index is 1.64. The number of alkyl halides is 1. The maximum atomic E-state index is 11.9. The van der Waals surface area contributed by atoms with Crippen LogP contribution in [0.5, 0.6) is 0 Å². The maximum Gasteiger partial charge on any atom is 0.220 e. The molecule has 1 amide bonds. The van der Waals surface area contributed by atoms with Gasteiger partial charge in [0.2, 0.25) is 5.91 Å². The van der Waals surface area contributed by atoms with E-state index in [1.54, 1.807) is 0 Å². The Morgan fingerprint density at radius 1 is 1.17 bits per heavy atom. The largest absolute Gasteiger partial charge is 0.356 e. The Morgan fingerprint density at radius 3 is 2.44 bits per heavy atom. The maximum absolute atomic E-state index is 11.9. The number of hydrogen-bond acceptors (Lipinski definition) is 1. The molecular formula is C15H26ClNO. The van der Waals surface area contributed by atoms with E-state index in [0.29, 0.717) is 12.3 Å². The fraction of sp³-hybridized carbons (Fsp3) is 0.933.